The van der Waals surface area contributed by atoms with Crippen LogP contribution in [-0.2, 0) is 4.79 Å². The number of rotatable bonds is 4. The van der Waals surface area contributed by atoms with Crippen molar-refractivity contribution in [1.29, 1.82) is 0 Å². The molecular formula is C17H16N4OS. The van der Waals surface area contributed by atoms with Crippen molar-refractivity contribution in [2.24, 2.45) is 0 Å². The summed E-state index contributed by atoms with van der Waals surface area (Å²) in [7, 11) is 0. The lowest BCUT2D eigenvalue weighted by Crippen LogP contribution is -2.05. The highest BCUT2D eigenvalue weighted by molar-refractivity contribution is 7.15. The molecule has 0 unspecified atom stereocenters. The number of carbonyl (C=O) groups is 1. The van der Waals surface area contributed by atoms with Gasteiger partial charge in [-0.3, -0.25) is 4.79 Å². The average Bonchev–Trinajstić information content (AvgIpc) is 2.96. The zero-order chi connectivity index (χ0) is 16.2. The molecule has 0 spiro atoms. The molecule has 0 bridgehead atoms. The third-order valence-corrected chi connectivity index (χ3v) is 4.13. The van der Waals surface area contributed by atoms with Crippen molar-refractivity contribution in [2.75, 3.05) is 10.6 Å². The van der Waals surface area contributed by atoms with E-state index in [9.17, 15) is 4.79 Å². The Morgan fingerprint density at radius 2 is 1.78 bits per heavy atom. The predicted octanol–water partition coefficient (Wildman–Crippen LogP) is 4.22. The van der Waals surface area contributed by atoms with E-state index in [1.54, 1.807) is 17.5 Å². The van der Waals surface area contributed by atoms with E-state index in [4.69, 9.17) is 0 Å². The van der Waals surface area contributed by atoms with Gasteiger partial charge in [-0.1, -0.05) is 0 Å². The van der Waals surface area contributed by atoms with Gasteiger partial charge in [0.1, 0.15) is 0 Å². The smallest absolute Gasteiger partial charge is 0.227 e. The summed E-state index contributed by atoms with van der Waals surface area (Å²) in [5, 5.41) is 5.90. The minimum atomic E-state index is -0.0898. The van der Waals surface area contributed by atoms with Crippen molar-refractivity contribution < 1.29 is 4.79 Å². The summed E-state index contributed by atoms with van der Waals surface area (Å²) in [5.74, 6) is 0.453. The summed E-state index contributed by atoms with van der Waals surface area (Å²) < 4.78 is 0. The molecule has 0 saturated heterocycles. The Balaban J connectivity index is 1.76. The number of nitrogens with one attached hydrogen (secondary N) is 2. The molecule has 6 heteroatoms. The highest BCUT2D eigenvalue weighted by Gasteiger charge is 2.05. The van der Waals surface area contributed by atoms with Crippen LogP contribution in [0.25, 0.3) is 10.6 Å². The van der Waals surface area contributed by atoms with Gasteiger partial charge in [-0.05, 0) is 49.4 Å². The van der Waals surface area contributed by atoms with E-state index in [1.165, 1.54) is 11.8 Å². The lowest BCUT2D eigenvalue weighted by atomic mass is 10.3. The highest BCUT2D eigenvalue weighted by Crippen LogP contribution is 2.26. The van der Waals surface area contributed by atoms with Crippen molar-refractivity contribution >= 4 is 34.6 Å². The van der Waals surface area contributed by atoms with Crippen LogP contribution < -0.4 is 10.6 Å². The maximum atomic E-state index is 11.0. The fourth-order valence-electron chi connectivity index (χ4n) is 2.10. The Morgan fingerprint density at radius 3 is 2.43 bits per heavy atom. The summed E-state index contributed by atoms with van der Waals surface area (Å²) >= 11 is 1.71. The van der Waals surface area contributed by atoms with Crippen molar-refractivity contribution in [3.05, 3.63) is 53.5 Å². The van der Waals surface area contributed by atoms with Gasteiger partial charge in [-0.15, -0.1) is 11.3 Å². The molecule has 0 atom stereocenters. The standard InChI is InChI=1S/C17H16N4OS/c1-11-3-8-16(23-11)15-9-10-18-17(21-15)20-14-6-4-13(5-7-14)19-12(2)22/h3-10H,1-2H3,(H,19,22)(H,18,20,21). The number of anilines is 3. The largest absolute Gasteiger partial charge is 0.326 e. The van der Waals surface area contributed by atoms with Gasteiger partial charge in [0.05, 0.1) is 10.6 Å². The van der Waals surface area contributed by atoms with E-state index < -0.39 is 0 Å². The van der Waals surface area contributed by atoms with Gasteiger partial charge in [-0.2, -0.15) is 0 Å². The molecule has 0 saturated carbocycles. The predicted molar refractivity (Wildman–Crippen MR) is 94.1 cm³/mol. The fraction of sp³-hybridized carbons (Fsp3) is 0.118. The molecule has 0 fully saturated rings. The van der Waals surface area contributed by atoms with Crippen LogP contribution in [0.5, 0.6) is 0 Å². The first-order chi connectivity index (χ1) is 11.1. The number of hydrogen-bond acceptors (Lipinski definition) is 5. The number of carbonyl (C=O) groups excluding carboxylic acids is 1. The Hall–Kier alpha value is -2.73. The van der Waals surface area contributed by atoms with Crippen LogP contribution in [0.4, 0.5) is 17.3 Å². The Kier molecular flexibility index (Phi) is 4.34. The lowest BCUT2D eigenvalue weighted by Gasteiger charge is -2.07. The maximum absolute atomic E-state index is 11.0. The van der Waals surface area contributed by atoms with Gasteiger partial charge in [0.25, 0.3) is 0 Å². The van der Waals surface area contributed by atoms with Crippen LogP contribution in [0.15, 0.2) is 48.7 Å². The number of aryl methyl sites for hydroxylation is 1. The molecule has 1 amide bonds. The number of hydrogen-bond donors (Lipinski definition) is 2. The zero-order valence-corrected chi connectivity index (χ0v) is 13.6. The van der Waals surface area contributed by atoms with E-state index in [-0.39, 0.29) is 5.91 Å². The summed E-state index contributed by atoms with van der Waals surface area (Å²) in [6, 6.07) is 13.4. The van der Waals surface area contributed by atoms with Crippen LogP contribution >= 0.6 is 11.3 Å². The van der Waals surface area contributed by atoms with E-state index in [2.05, 4.69) is 39.7 Å². The lowest BCUT2D eigenvalue weighted by molar-refractivity contribution is -0.114. The summed E-state index contributed by atoms with van der Waals surface area (Å²) in [6.45, 7) is 3.56. The molecule has 1 aromatic carbocycles. The van der Waals surface area contributed by atoms with E-state index >= 15 is 0 Å². The van der Waals surface area contributed by atoms with E-state index in [0.717, 1.165) is 21.9 Å². The molecule has 0 aliphatic carbocycles. The molecular weight excluding hydrogens is 308 g/mol. The molecule has 5 nitrogen and oxygen atoms in total. The van der Waals surface area contributed by atoms with Crippen molar-refractivity contribution in [3.63, 3.8) is 0 Å². The first-order valence-corrected chi connectivity index (χ1v) is 7.96. The number of aromatic nitrogens is 2. The molecule has 2 aromatic heterocycles. The molecule has 116 valence electrons. The minimum absolute atomic E-state index is 0.0898. The first kappa shape index (κ1) is 15.2. The molecule has 2 heterocycles. The monoisotopic (exact) mass is 324 g/mol. The highest BCUT2D eigenvalue weighted by atomic mass is 32.1. The second-order valence-corrected chi connectivity index (χ2v) is 6.35. The number of thiophene rings is 1. The SMILES string of the molecule is CC(=O)Nc1ccc(Nc2nccc(-c3ccc(C)s3)n2)cc1. The second kappa shape index (κ2) is 6.58. The van der Waals surface area contributed by atoms with Crippen LogP contribution in [-0.4, -0.2) is 15.9 Å². The van der Waals surface area contributed by atoms with Gasteiger partial charge >= 0.3 is 0 Å². The Labute approximate surface area is 138 Å². The second-order valence-electron chi connectivity index (χ2n) is 5.06. The number of nitrogens with zero attached hydrogens (tertiary/aromatic N) is 2. The normalized spacial score (nSPS) is 10.3. The van der Waals surface area contributed by atoms with Crippen LogP contribution in [0.2, 0.25) is 0 Å². The van der Waals surface area contributed by atoms with Crippen LogP contribution in [0.1, 0.15) is 11.8 Å². The summed E-state index contributed by atoms with van der Waals surface area (Å²) in [4.78, 5) is 22.2. The van der Waals surface area contributed by atoms with Crippen molar-refractivity contribution in [1.82, 2.24) is 9.97 Å². The maximum Gasteiger partial charge on any atom is 0.227 e. The van der Waals surface area contributed by atoms with Gasteiger partial charge in [0.15, 0.2) is 0 Å². The molecule has 3 rings (SSSR count). The Bertz CT molecular complexity index is 827. The van der Waals surface area contributed by atoms with Crippen LogP contribution in [0, 0.1) is 6.92 Å². The fourth-order valence-corrected chi connectivity index (χ4v) is 2.93. The van der Waals surface area contributed by atoms with Gasteiger partial charge in [-0.25, -0.2) is 9.97 Å². The van der Waals surface area contributed by atoms with Gasteiger partial charge in [0, 0.05) is 29.4 Å². The minimum Gasteiger partial charge on any atom is -0.326 e. The summed E-state index contributed by atoms with van der Waals surface area (Å²) in [6.07, 6.45) is 1.74. The summed E-state index contributed by atoms with van der Waals surface area (Å²) in [5.41, 5.74) is 2.51. The molecule has 0 aliphatic heterocycles. The van der Waals surface area contributed by atoms with Crippen molar-refractivity contribution in [3.8, 4) is 10.6 Å². The Morgan fingerprint density at radius 1 is 1.04 bits per heavy atom. The number of benzene rings is 1. The van der Waals surface area contributed by atoms with E-state index in [1.807, 2.05) is 30.3 Å². The quantitative estimate of drug-likeness (QED) is 0.754. The van der Waals surface area contributed by atoms with Gasteiger partial charge in [0.2, 0.25) is 11.9 Å². The molecule has 3 aromatic rings. The topological polar surface area (TPSA) is 66.9 Å². The third kappa shape index (κ3) is 3.92. The molecule has 2 N–H and O–H groups in total. The average molecular weight is 324 g/mol. The number of amides is 1. The molecule has 23 heavy (non-hydrogen) atoms. The molecule has 0 aliphatic rings. The van der Waals surface area contributed by atoms with Crippen LogP contribution in [0.3, 0.4) is 0 Å². The van der Waals surface area contributed by atoms with Gasteiger partial charge < -0.3 is 10.6 Å². The molecule has 0 radical (unpaired) electrons. The zero-order valence-electron chi connectivity index (χ0n) is 12.8. The van der Waals surface area contributed by atoms with E-state index in [0.29, 0.717) is 5.95 Å². The third-order valence-electron chi connectivity index (χ3n) is 3.11. The first-order valence-electron chi connectivity index (χ1n) is 7.15. The van der Waals surface area contributed by atoms with Crippen molar-refractivity contribution in [2.45, 2.75) is 13.8 Å².